The van der Waals surface area contributed by atoms with Gasteiger partial charge in [0, 0.05) is 19.2 Å². The standard InChI is InChI=1S/C31H39N3O6S/c1-8-32-31(36)24(5)33(19-25-11-9-21(2)10-12-25)30(35)20-34(26-16-22(3)15-23(4)17-26)41(37,38)27-13-14-28(39-6)29(18-27)40-7/h9-18,24H,8,19-20H2,1-7H3,(H,32,36)/t24-/m1/s1. The zero-order valence-electron chi connectivity index (χ0n) is 24.7. The summed E-state index contributed by atoms with van der Waals surface area (Å²) in [6.45, 7) is 9.14. The lowest BCUT2D eigenvalue weighted by molar-refractivity contribution is -0.139. The Morgan fingerprint density at radius 1 is 0.854 bits per heavy atom. The summed E-state index contributed by atoms with van der Waals surface area (Å²) >= 11 is 0. The molecule has 0 unspecified atom stereocenters. The fraction of sp³-hybridized carbons (Fsp3) is 0.355. The minimum absolute atomic E-state index is 0.0658. The van der Waals surface area contributed by atoms with Crippen LogP contribution in [0.25, 0.3) is 0 Å². The monoisotopic (exact) mass is 581 g/mol. The largest absolute Gasteiger partial charge is 0.493 e. The van der Waals surface area contributed by atoms with Gasteiger partial charge in [0.05, 0.1) is 24.8 Å². The van der Waals surface area contributed by atoms with Crippen LogP contribution in [-0.4, -0.2) is 58.5 Å². The average molecular weight is 582 g/mol. The Morgan fingerprint density at radius 3 is 2.02 bits per heavy atom. The van der Waals surface area contributed by atoms with E-state index in [0.717, 1.165) is 26.6 Å². The van der Waals surface area contributed by atoms with Gasteiger partial charge in [0.15, 0.2) is 11.5 Å². The van der Waals surface area contributed by atoms with Gasteiger partial charge in [0.25, 0.3) is 10.0 Å². The van der Waals surface area contributed by atoms with Crippen LogP contribution in [0.1, 0.15) is 36.1 Å². The van der Waals surface area contributed by atoms with Crippen LogP contribution < -0.4 is 19.1 Å². The van der Waals surface area contributed by atoms with Gasteiger partial charge in [0.2, 0.25) is 11.8 Å². The summed E-state index contributed by atoms with van der Waals surface area (Å²) in [7, 11) is -1.37. The third-order valence-corrected chi connectivity index (χ3v) is 8.48. The van der Waals surface area contributed by atoms with Gasteiger partial charge in [0.1, 0.15) is 12.6 Å². The van der Waals surface area contributed by atoms with Crippen molar-refractivity contribution in [2.45, 2.75) is 52.1 Å². The van der Waals surface area contributed by atoms with Gasteiger partial charge in [-0.15, -0.1) is 0 Å². The molecule has 0 saturated carbocycles. The molecule has 0 bridgehead atoms. The number of methoxy groups -OCH3 is 2. The van der Waals surface area contributed by atoms with Crippen molar-refractivity contribution in [1.82, 2.24) is 10.2 Å². The molecule has 1 atom stereocenters. The number of ether oxygens (including phenoxy) is 2. The van der Waals surface area contributed by atoms with Gasteiger partial charge >= 0.3 is 0 Å². The van der Waals surface area contributed by atoms with Crippen molar-refractivity contribution in [3.8, 4) is 11.5 Å². The predicted molar refractivity (Wildman–Crippen MR) is 160 cm³/mol. The van der Waals surface area contributed by atoms with E-state index in [1.54, 1.807) is 26.0 Å². The van der Waals surface area contributed by atoms with Gasteiger partial charge in [-0.25, -0.2) is 8.42 Å². The van der Waals surface area contributed by atoms with Gasteiger partial charge in [-0.2, -0.15) is 0 Å². The highest BCUT2D eigenvalue weighted by Crippen LogP contribution is 2.33. The van der Waals surface area contributed by atoms with Crippen molar-refractivity contribution in [3.63, 3.8) is 0 Å². The van der Waals surface area contributed by atoms with E-state index in [0.29, 0.717) is 18.0 Å². The molecule has 10 heteroatoms. The second-order valence-corrected chi connectivity index (χ2v) is 11.8. The van der Waals surface area contributed by atoms with E-state index >= 15 is 0 Å². The number of amides is 2. The molecule has 0 saturated heterocycles. The molecule has 0 aromatic heterocycles. The van der Waals surface area contributed by atoms with E-state index in [4.69, 9.17) is 9.47 Å². The third-order valence-electron chi connectivity index (χ3n) is 6.71. The smallest absolute Gasteiger partial charge is 0.264 e. The quantitative estimate of drug-likeness (QED) is 0.341. The highest BCUT2D eigenvalue weighted by molar-refractivity contribution is 7.92. The van der Waals surface area contributed by atoms with Crippen LogP contribution >= 0.6 is 0 Å². The Hall–Kier alpha value is -4.05. The molecular weight excluding hydrogens is 542 g/mol. The molecule has 0 spiro atoms. The van der Waals surface area contributed by atoms with Crippen LogP contribution in [-0.2, 0) is 26.2 Å². The number of likely N-dealkylation sites (N-methyl/N-ethyl adjacent to an activating group) is 1. The maximum atomic E-state index is 14.2. The van der Waals surface area contributed by atoms with E-state index < -0.39 is 28.5 Å². The number of nitrogens with one attached hydrogen (secondary N) is 1. The third kappa shape index (κ3) is 7.58. The fourth-order valence-electron chi connectivity index (χ4n) is 4.52. The van der Waals surface area contributed by atoms with E-state index in [9.17, 15) is 18.0 Å². The van der Waals surface area contributed by atoms with Crippen LogP contribution in [0.5, 0.6) is 11.5 Å². The summed E-state index contributed by atoms with van der Waals surface area (Å²) in [5.41, 5.74) is 3.90. The molecule has 0 aliphatic rings. The number of anilines is 1. The van der Waals surface area contributed by atoms with Crippen molar-refractivity contribution in [2.24, 2.45) is 0 Å². The molecule has 1 N–H and O–H groups in total. The number of hydrogen-bond acceptors (Lipinski definition) is 6. The van der Waals surface area contributed by atoms with Crippen molar-refractivity contribution >= 4 is 27.5 Å². The van der Waals surface area contributed by atoms with E-state index in [-0.39, 0.29) is 23.1 Å². The van der Waals surface area contributed by atoms with E-state index in [1.165, 1.54) is 37.3 Å². The molecule has 2 amide bonds. The summed E-state index contributed by atoms with van der Waals surface area (Å²) in [6, 6.07) is 16.5. The minimum Gasteiger partial charge on any atom is -0.493 e. The topological polar surface area (TPSA) is 105 Å². The van der Waals surface area contributed by atoms with Crippen LogP contribution in [0.3, 0.4) is 0 Å². The first-order valence-electron chi connectivity index (χ1n) is 13.4. The predicted octanol–water partition coefficient (Wildman–Crippen LogP) is 4.38. The number of carbonyl (C=O) groups excluding carboxylic acids is 2. The lowest BCUT2D eigenvalue weighted by atomic mass is 10.1. The summed E-state index contributed by atoms with van der Waals surface area (Å²) in [6.07, 6.45) is 0. The maximum absolute atomic E-state index is 14.2. The minimum atomic E-state index is -4.26. The first-order chi connectivity index (χ1) is 19.4. The summed E-state index contributed by atoms with van der Waals surface area (Å²) in [4.78, 5) is 28.2. The van der Waals surface area contributed by atoms with Gasteiger partial charge in [-0.05, 0) is 75.6 Å². The molecule has 41 heavy (non-hydrogen) atoms. The molecule has 0 heterocycles. The van der Waals surface area contributed by atoms with Crippen LogP contribution in [0.4, 0.5) is 5.69 Å². The Labute approximate surface area is 243 Å². The number of nitrogens with zero attached hydrogens (tertiary/aromatic N) is 2. The average Bonchev–Trinajstić information content (AvgIpc) is 2.94. The van der Waals surface area contributed by atoms with Crippen LogP contribution in [0.2, 0.25) is 0 Å². The Balaban J connectivity index is 2.10. The Bertz CT molecular complexity index is 1470. The highest BCUT2D eigenvalue weighted by Gasteiger charge is 2.33. The normalized spacial score (nSPS) is 11.9. The fourth-order valence-corrected chi connectivity index (χ4v) is 5.94. The van der Waals surface area contributed by atoms with E-state index in [1.807, 2.05) is 51.1 Å². The zero-order valence-corrected chi connectivity index (χ0v) is 25.5. The molecule has 0 fully saturated rings. The summed E-state index contributed by atoms with van der Waals surface area (Å²) < 4.78 is 40.0. The van der Waals surface area contributed by atoms with Crippen molar-refractivity contribution in [1.29, 1.82) is 0 Å². The molecule has 0 aliphatic carbocycles. The van der Waals surface area contributed by atoms with Crippen molar-refractivity contribution in [3.05, 3.63) is 82.9 Å². The zero-order chi connectivity index (χ0) is 30.3. The number of hydrogen-bond donors (Lipinski definition) is 1. The van der Waals surface area contributed by atoms with Crippen LogP contribution in [0, 0.1) is 20.8 Å². The second kappa shape index (κ2) is 13.5. The SMILES string of the molecule is CCNC(=O)[C@@H](C)N(Cc1ccc(C)cc1)C(=O)CN(c1cc(C)cc(C)c1)S(=O)(=O)c1ccc(OC)c(OC)c1. The van der Waals surface area contributed by atoms with Gasteiger partial charge in [-0.1, -0.05) is 35.9 Å². The second-order valence-electron chi connectivity index (χ2n) is 9.95. The molecule has 220 valence electrons. The number of carbonyl (C=O) groups is 2. The highest BCUT2D eigenvalue weighted by atomic mass is 32.2. The Kier molecular flexibility index (Phi) is 10.4. The molecule has 0 radical (unpaired) electrons. The van der Waals surface area contributed by atoms with Gasteiger partial charge in [-0.3, -0.25) is 13.9 Å². The number of sulfonamides is 1. The lowest BCUT2D eigenvalue weighted by Crippen LogP contribution is -2.51. The van der Waals surface area contributed by atoms with Crippen LogP contribution in [0.15, 0.2) is 65.6 Å². The molecule has 3 aromatic rings. The summed E-state index contributed by atoms with van der Waals surface area (Å²) in [5.74, 6) is -0.229. The molecule has 0 aliphatic heterocycles. The molecule has 3 aromatic carbocycles. The van der Waals surface area contributed by atoms with E-state index in [2.05, 4.69) is 5.32 Å². The first kappa shape index (κ1) is 31.5. The summed E-state index contributed by atoms with van der Waals surface area (Å²) in [5, 5.41) is 2.76. The van der Waals surface area contributed by atoms with Gasteiger partial charge < -0.3 is 19.7 Å². The Morgan fingerprint density at radius 2 is 1.46 bits per heavy atom. The lowest BCUT2D eigenvalue weighted by Gasteiger charge is -2.32. The van der Waals surface area contributed by atoms with Crippen molar-refractivity contribution in [2.75, 3.05) is 31.6 Å². The first-order valence-corrected chi connectivity index (χ1v) is 14.8. The molecular formula is C31H39N3O6S. The number of aryl methyl sites for hydroxylation is 3. The number of benzene rings is 3. The number of rotatable bonds is 12. The van der Waals surface area contributed by atoms with Crippen molar-refractivity contribution < 1.29 is 27.5 Å². The maximum Gasteiger partial charge on any atom is 0.264 e. The molecule has 3 rings (SSSR count). The molecule has 9 nitrogen and oxygen atoms in total.